The van der Waals surface area contributed by atoms with Crippen LogP contribution >= 0.6 is 0 Å². The normalized spacial score (nSPS) is 13.7. The topological polar surface area (TPSA) is 6.48 Å². The second-order valence-electron chi connectivity index (χ2n) is 19.0. The molecule has 0 aromatic heterocycles. The van der Waals surface area contributed by atoms with E-state index in [0.717, 1.165) is 22.7 Å². The molecule has 2 nitrogen and oxygen atoms in total. The molecular weight excluding hydrogens is 829 g/mol. The van der Waals surface area contributed by atoms with E-state index in [-0.39, 0.29) is 0 Å². The van der Waals surface area contributed by atoms with Gasteiger partial charge in [-0.2, -0.15) is 0 Å². The van der Waals surface area contributed by atoms with Crippen molar-refractivity contribution in [1.29, 1.82) is 0 Å². The lowest BCUT2D eigenvalue weighted by atomic mass is 9.91. The van der Waals surface area contributed by atoms with Gasteiger partial charge in [0.1, 0.15) is 16.1 Å². The lowest BCUT2D eigenvalue weighted by molar-refractivity contribution is 1.29. The minimum atomic E-state index is -2.20. The van der Waals surface area contributed by atoms with Crippen LogP contribution in [0.5, 0.6) is 0 Å². The predicted molar refractivity (Wildman–Crippen MR) is 289 cm³/mol. The summed E-state index contributed by atoms with van der Waals surface area (Å²) in [5, 5.41) is 8.92. The van der Waals surface area contributed by atoms with Gasteiger partial charge in [0.25, 0.3) is 0 Å². The number of rotatable bonds is 8. The molecule has 0 atom stereocenters. The largest absolute Gasteiger partial charge is 0.311 e. The van der Waals surface area contributed by atoms with Crippen molar-refractivity contribution < 1.29 is 0 Å². The van der Waals surface area contributed by atoms with Crippen molar-refractivity contribution in [1.82, 2.24) is 0 Å². The molecule has 10 aromatic carbocycles. The van der Waals surface area contributed by atoms with Gasteiger partial charge in [0, 0.05) is 34.1 Å². The maximum absolute atomic E-state index is 2.63. The molecule has 316 valence electrons. The molecule has 0 radical (unpaired) electrons. The summed E-state index contributed by atoms with van der Waals surface area (Å²) < 4.78 is 0. The number of benzene rings is 10. The van der Waals surface area contributed by atoms with Crippen LogP contribution in [-0.4, -0.2) is 16.1 Å². The van der Waals surface area contributed by atoms with Crippen LogP contribution in [-0.2, 0) is 0 Å². The Bertz CT molecular complexity index is 3440. The number of fused-ring (bicyclic) bond motifs is 6. The highest BCUT2D eigenvalue weighted by Gasteiger charge is 2.43. The molecule has 0 N–H and O–H groups in total. The second kappa shape index (κ2) is 15.6. The molecule has 0 unspecified atom stereocenters. The molecule has 0 bridgehead atoms. The van der Waals surface area contributed by atoms with E-state index in [2.05, 4.69) is 267 Å². The van der Waals surface area contributed by atoms with Crippen molar-refractivity contribution in [2.75, 3.05) is 9.80 Å². The van der Waals surface area contributed by atoms with E-state index in [1.165, 1.54) is 87.4 Å². The van der Waals surface area contributed by atoms with Gasteiger partial charge < -0.3 is 9.80 Å². The van der Waals surface area contributed by atoms with Gasteiger partial charge in [-0.1, -0.05) is 184 Å². The molecule has 2 aliphatic rings. The average Bonchev–Trinajstić information content (AvgIpc) is 3.60. The van der Waals surface area contributed by atoms with Gasteiger partial charge in [-0.25, -0.2) is 0 Å². The Morgan fingerprint density at radius 1 is 0.273 bits per heavy atom. The molecule has 0 fully saturated rings. The van der Waals surface area contributed by atoms with Crippen LogP contribution in [0.25, 0.3) is 55.3 Å². The standard InChI is InChI=1S/C62H50N2Si2/c1-65(2)57-27-17-26-55-61-54-39-37-52(64(48-24-15-8-16-25-48)50-34-30-46(31-35-50)44-20-11-6-12-21-44)41-59(54)66(3,4)60(61)42-56(62(55)57)53-38-36-51(40-58(53)65)63(47-22-13-7-14-23-47)49-32-28-45(29-33-49)43-18-9-5-10-19-43/h5-42H,1-4H3. The van der Waals surface area contributed by atoms with E-state index in [9.17, 15) is 0 Å². The van der Waals surface area contributed by atoms with Crippen LogP contribution in [0.1, 0.15) is 0 Å². The van der Waals surface area contributed by atoms with Gasteiger partial charge in [0.2, 0.25) is 0 Å². The minimum absolute atomic E-state index is 1.15. The fraction of sp³-hybridized carbons (Fsp3) is 0.0645. The number of anilines is 6. The van der Waals surface area contributed by atoms with Gasteiger partial charge in [0.05, 0.1) is 0 Å². The SMILES string of the molecule is C[Si]1(C)c2cc(N(c3ccccc3)c3ccc(-c4ccccc4)cc3)ccc2-c2c1cc1c3c(cccc23)[Si](C)(C)c2cc(N(c3ccccc3)c3ccc(-c4ccccc4)cc3)ccc2-1. The van der Waals surface area contributed by atoms with Crippen LogP contribution in [0.15, 0.2) is 231 Å². The van der Waals surface area contributed by atoms with Crippen LogP contribution < -0.4 is 30.5 Å². The fourth-order valence-electron chi connectivity index (χ4n) is 11.0. The molecule has 0 saturated heterocycles. The van der Waals surface area contributed by atoms with E-state index < -0.39 is 16.1 Å². The first kappa shape index (κ1) is 40.0. The first-order chi connectivity index (χ1) is 32.3. The minimum Gasteiger partial charge on any atom is -0.311 e. The summed E-state index contributed by atoms with van der Waals surface area (Å²) in [5.41, 5.74) is 17.5. The summed E-state index contributed by atoms with van der Waals surface area (Å²) in [6.45, 7) is 10.3. The maximum atomic E-state index is 2.63. The Labute approximate surface area is 390 Å². The van der Waals surface area contributed by atoms with Crippen molar-refractivity contribution in [3.05, 3.63) is 231 Å². The van der Waals surface area contributed by atoms with Crippen molar-refractivity contribution in [3.8, 4) is 44.5 Å². The average molecular weight is 879 g/mol. The van der Waals surface area contributed by atoms with Crippen molar-refractivity contribution in [3.63, 3.8) is 0 Å². The molecule has 0 aliphatic carbocycles. The molecule has 0 amide bonds. The zero-order chi connectivity index (χ0) is 44.6. The van der Waals surface area contributed by atoms with E-state index in [4.69, 9.17) is 0 Å². The van der Waals surface area contributed by atoms with Crippen molar-refractivity contribution in [2.45, 2.75) is 26.2 Å². The molecule has 10 aromatic rings. The molecule has 4 heteroatoms. The second-order valence-corrected chi connectivity index (χ2v) is 27.6. The first-order valence-electron chi connectivity index (χ1n) is 23.2. The number of para-hydroxylation sites is 2. The highest BCUT2D eigenvalue weighted by molar-refractivity contribution is 7.05. The fourth-order valence-corrected chi connectivity index (χ4v) is 17.2. The van der Waals surface area contributed by atoms with Gasteiger partial charge in [-0.3, -0.25) is 0 Å². The highest BCUT2D eigenvalue weighted by atomic mass is 28.3. The molecule has 0 spiro atoms. The Morgan fingerprint density at radius 3 is 1.17 bits per heavy atom. The molecule has 2 aliphatic heterocycles. The van der Waals surface area contributed by atoms with Crippen molar-refractivity contribution >= 4 is 81.8 Å². The summed E-state index contributed by atoms with van der Waals surface area (Å²) in [5.74, 6) is 0. The lowest BCUT2D eigenvalue weighted by Gasteiger charge is -2.36. The van der Waals surface area contributed by atoms with Gasteiger partial charge in [0.15, 0.2) is 0 Å². The Balaban J connectivity index is 0.976. The molecule has 0 saturated carbocycles. The lowest BCUT2D eigenvalue weighted by Crippen LogP contribution is -2.56. The third kappa shape index (κ3) is 6.43. The smallest absolute Gasteiger partial charge is 0.113 e. The molecule has 66 heavy (non-hydrogen) atoms. The molecule has 12 rings (SSSR count). The quantitative estimate of drug-likeness (QED) is 0.140. The first-order valence-corrected chi connectivity index (χ1v) is 29.2. The molecule has 2 heterocycles. The van der Waals surface area contributed by atoms with Crippen LogP contribution in [0.4, 0.5) is 34.1 Å². The third-order valence-corrected chi connectivity index (χ3v) is 21.5. The predicted octanol–water partition coefficient (Wildman–Crippen LogP) is 14.7. The zero-order valence-electron chi connectivity index (χ0n) is 37.8. The Kier molecular flexibility index (Phi) is 9.46. The van der Waals surface area contributed by atoms with Gasteiger partial charge >= 0.3 is 0 Å². The van der Waals surface area contributed by atoms with Crippen LogP contribution in [0.2, 0.25) is 26.2 Å². The van der Waals surface area contributed by atoms with Crippen LogP contribution in [0.3, 0.4) is 0 Å². The van der Waals surface area contributed by atoms with E-state index in [0.29, 0.717) is 0 Å². The van der Waals surface area contributed by atoms with E-state index in [1.54, 1.807) is 0 Å². The highest BCUT2D eigenvalue weighted by Crippen LogP contribution is 2.45. The zero-order valence-corrected chi connectivity index (χ0v) is 39.8. The van der Waals surface area contributed by atoms with Gasteiger partial charge in [-0.05, 0) is 149 Å². The number of hydrogen-bond donors (Lipinski definition) is 0. The number of nitrogens with zero attached hydrogens (tertiary/aromatic N) is 2. The van der Waals surface area contributed by atoms with E-state index in [1.807, 2.05) is 0 Å². The third-order valence-electron chi connectivity index (χ3n) is 14.4. The summed E-state index contributed by atoms with van der Waals surface area (Å²) >= 11 is 0. The summed E-state index contributed by atoms with van der Waals surface area (Å²) in [6.07, 6.45) is 0. The Hall–Kier alpha value is -7.51. The summed E-state index contributed by atoms with van der Waals surface area (Å²) in [4.78, 5) is 4.86. The number of hydrogen-bond acceptors (Lipinski definition) is 2. The van der Waals surface area contributed by atoms with E-state index >= 15 is 0 Å². The van der Waals surface area contributed by atoms with Crippen molar-refractivity contribution in [2.24, 2.45) is 0 Å². The molecular formula is C62H50N2Si2. The van der Waals surface area contributed by atoms with Crippen LogP contribution in [0, 0.1) is 0 Å². The monoisotopic (exact) mass is 878 g/mol. The maximum Gasteiger partial charge on any atom is 0.113 e. The summed E-state index contributed by atoms with van der Waals surface area (Å²) in [6, 6.07) is 85.6. The Morgan fingerprint density at radius 2 is 0.667 bits per heavy atom. The summed E-state index contributed by atoms with van der Waals surface area (Å²) in [7, 11) is -4.40. The van der Waals surface area contributed by atoms with Gasteiger partial charge in [-0.15, -0.1) is 0 Å².